The van der Waals surface area contributed by atoms with Crippen LogP contribution in [0.15, 0.2) is 53.5 Å². The largest absolute Gasteiger partial charge is 0.291 e. The summed E-state index contributed by atoms with van der Waals surface area (Å²) in [7, 11) is 0. The topological polar surface area (TPSA) is 37.6 Å². The molecule has 6 heteroatoms. The van der Waals surface area contributed by atoms with Gasteiger partial charge >= 0.3 is 0 Å². The van der Waals surface area contributed by atoms with E-state index in [1.165, 1.54) is 16.5 Å². The highest BCUT2D eigenvalue weighted by Crippen LogP contribution is 2.32. The summed E-state index contributed by atoms with van der Waals surface area (Å²) in [4.78, 5) is 19.2. The molecule has 0 N–H and O–H groups in total. The van der Waals surface area contributed by atoms with E-state index >= 15 is 0 Å². The monoisotopic (exact) mass is 357 g/mol. The Kier molecular flexibility index (Phi) is 4.27. The molecule has 1 aromatic carbocycles. The van der Waals surface area contributed by atoms with Crippen LogP contribution >= 0.6 is 11.6 Å². The second-order valence-electron chi connectivity index (χ2n) is 6.34. The molecule has 3 heterocycles. The van der Waals surface area contributed by atoms with E-state index in [0.29, 0.717) is 17.2 Å². The van der Waals surface area contributed by atoms with E-state index in [1.807, 2.05) is 12.1 Å². The standard InChI is InChI=1S/C19H17ClFN3O/c20-14-5-8-18-22-16(10-19(25)24(18)11-14)12-23-9-1-2-17(23)13-3-6-15(21)7-4-13/h3-8,10-11,17H,1-2,9,12H2/t17-/m1/s1. The summed E-state index contributed by atoms with van der Waals surface area (Å²) in [6.07, 6.45) is 3.67. The number of aromatic nitrogens is 2. The molecule has 25 heavy (non-hydrogen) atoms. The van der Waals surface area contributed by atoms with Crippen molar-refractivity contribution in [3.8, 4) is 0 Å². The quantitative estimate of drug-likeness (QED) is 0.715. The molecule has 1 atom stereocenters. The van der Waals surface area contributed by atoms with E-state index in [2.05, 4.69) is 9.88 Å². The second-order valence-corrected chi connectivity index (χ2v) is 6.78. The highest BCUT2D eigenvalue weighted by Gasteiger charge is 2.26. The summed E-state index contributed by atoms with van der Waals surface area (Å²) in [5, 5.41) is 0.500. The Morgan fingerprint density at radius 2 is 2.00 bits per heavy atom. The van der Waals surface area contributed by atoms with Crippen molar-refractivity contribution in [3.63, 3.8) is 0 Å². The van der Waals surface area contributed by atoms with Gasteiger partial charge in [0.25, 0.3) is 5.56 Å². The molecule has 0 bridgehead atoms. The van der Waals surface area contributed by atoms with Crippen molar-refractivity contribution in [1.82, 2.24) is 14.3 Å². The SMILES string of the molecule is O=c1cc(CN2CCC[C@@H]2c2ccc(F)cc2)nc2ccc(Cl)cn12. The summed E-state index contributed by atoms with van der Waals surface area (Å²) in [6.45, 7) is 1.53. The summed E-state index contributed by atoms with van der Waals surface area (Å²) in [5.41, 5.74) is 2.29. The number of hydrogen-bond donors (Lipinski definition) is 0. The van der Waals surface area contributed by atoms with E-state index in [0.717, 1.165) is 30.6 Å². The van der Waals surface area contributed by atoms with Gasteiger partial charge in [-0.3, -0.25) is 14.1 Å². The van der Waals surface area contributed by atoms with Crippen LogP contribution in [0.5, 0.6) is 0 Å². The lowest BCUT2D eigenvalue weighted by atomic mass is 10.0. The number of likely N-dealkylation sites (tertiary alicyclic amines) is 1. The molecule has 0 spiro atoms. The fourth-order valence-electron chi connectivity index (χ4n) is 3.49. The normalized spacial score (nSPS) is 18.1. The molecule has 4 nitrogen and oxygen atoms in total. The maximum Gasteiger partial charge on any atom is 0.258 e. The first kappa shape index (κ1) is 16.2. The van der Waals surface area contributed by atoms with Gasteiger partial charge in [-0.15, -0.1) is 0 Å². The molecular weight excluding hydrogens is 341 g/mol. The van der Waals surface area contributed by atoms with Crippen molar-refractivity contribution >= 4 is 17.2 Å². The number of pyridine rings is 1. The zero-order valence-corrected chi connectivity index (χ0v) is 14.3. The number of hydrogen-bond acceptors (Lipinski definition) is 3. The molecule has 4 rings (SSSR count). The predicted molar refractivity (Wildman–Crippen MR) is 95.3 cm³/mol. The van der Waals surface area contributed by atoms with Crippen LogP contribution in [0.1, 0.15) is 30.1 Å². The Hall–Kier alpha value is -2.24. The summed E-state index contributed by atoms with van der Waals surface area (Å²) >= 11 is 5.94. The van der Waals surface area contributed by atoms with Crippen molar-refractivity contribution < 1.29 is 4.39 Å². The fourth-order valence-corrected chi connectivity index (χ4v) is 3.65. The van der Waals surface area contributed by atoms with Crippen molar-refractivity contribution in [1.29, 1.82) is 0 Å². The molecule has 0 saturated carbocycles. The van der Waals surface area contributed by atoms with Gasteiger partial charge in [0.15, 0.2) is 0 Å². The molecule has 128 valence electrons. The van der Waals surface area contributed by atoms with Crippen LogP contribution in [0.3, 0.4) is 0 Å². The van der Waals surface area contributed by atoms with Crippen molar-refractivity contribution in [2.24, 2.45) is 0 Å². The first-order valence-corrected chi connectivity index (χ1v) is 8.65. The Morgan fingerprint density at radius 1 is 1.20 bits per heavy atom. The zero-order valence-electron chi connectivity index (χ0n) is 13.5. The predicted octanol–water partition coefficient (Wildman–Crippen LogP) is 3.82. The van der Waals surface area contributed by atoms with Gasteiger partial charge in [-0.1, -0.05) is 23.7 Å². The Bertz CT molecular complexity index is 971. The van der Waals surface area contributed by atoms with Gasteiger partial charge < -0.3 is 0 Å². The number of fused-ring (bicyclic) bond motifs is 1. The van der Waals surface area contributed by atoms with Crippen LogP contribution in [0, 0.1) is 5.82 Å². The molecule has 2 aromatic heterocycles. The number of halogens is 2. The Balaban J connectivity index is 1.62. The number of nitrogens with zero attached hydrogens (tertiary/aromatic N) is 3. The van der Waals surface area contributed by atoms with Crippen LogP contribution in [-0.4, -0.2) is 20.8 Å². The van der Waals surface area contributed by atoms with Crippen LogP contribution in [0.4, 0.5) is 4.39 Å². The number of benzene rings is 1. The molecule has 0 aliphatic carbocycles. The minimum Gasteiger partial charge on any atom is -0.291 e. The molecule has 1 saturated heterocycles. The minimum absolute atomic E-state index is 0.139. The summed E-state index contributed by atoms with van der Waals surface area (Å²) in [5.74, 6) is -0.226. The van der Waals surface area contributed by atoms with Gasteiger partial charge in [0.2, 0.25) is 0 Å². The molecule has 0 radical (unpaired) electrons. The highest BCUT2D eigenvalue weighted by atomic mass is 35.5. The van der Waals surface area contributed by atoms with Gasteiger partial charge in [0.1, 0.15) is 11.5 Å². The number of rotatable bonds is 3. The third-order valence-electron chi connectivity index (χ3n) is 4.66. The Labute approximate surface area is 149 Å². The lowest BCUT2D eigenvalue weighted by Crippen LogP contribution is -2.25. The maximum atomic E-state index is 13.2. The summed E-state index contributed by atoms with van der Waals surface area (Å²) in [6, 6.07) is 11.9. The van der Waals surface area contributed by atoms with Gasteiger partial charge in [0, 0.05) is 24.8 Å². The lowest BCUT2D eigenvalue weighted by Gasteiger charge is -2.24. The van der Waals surface area contributed by atoms with E-state index < -0.39 is 0 Å². The van der Waals surface area contributed by atoms with Crippen LogP contribution in [0.25, 0.3) is 5.65 Å². The lowest BCUT2D eigenvalue weighted by molar-refractivity contribution is 0.245. The Morgan fingerprint density at radius 3 is 2.80 bits per heavy atom. The average Bonchev–Trinajstić information content (AvgIpc) is 3.04. The first-order valence-electron chi connectivity index (χ1n) is 8.27. The zero-order chi connectivity index (χ0) is 17.4. The minimum atomic E-state index is -0.226. The highest BCUT2D eigenvalue weighted by molar-refractivity contribution is 6.30. The maximum absolute atomic E-state index is 13.2. The molecule has 1 aliphatic rings. The van der Waals surface area contributed by atoms with E-state index in [-0.39, 0.29) is 17.4 Å². The average molecular weight is 358 g/mol. The van der Waals surface area contributed by atoms with Crippen LogP contribution in [0.2, 0.25) is 5.02 Å². The van der Waals surface area contributed by atoms with E-state index in [4.69, 9.17) is 11.6 Å². The third-order valence-corrected chi connectivity index (χ3v) is 4.88. The molecular formula is C19H17ClFN3O. The fraction of sp³-hybridized carbons (Fsp3) is 0.263. The van der Waals surface area contributed by atoms with Crippen molar-refractivity contribution in [3.05, 3.63) is 81.1 Å². The van der Waals surface area contributed by atoms with Crippen molar-refractivity contribution in [2.45, 2.75) is 25.4 Å². The van der Waals surface area contributed by atoms with Crippen LogP contribution in [-0.2, 0) is 6.54 Å². The summed E-state index contributed by atoms with van der Waals surface area (Å²) < 4.78 is 14.6. The van der Waals surface area contributed by atoms with Gasteiger partial charge in [-0.2, -0.15) is 0 Å². The molecule has 1 fully saturated rings. The third kappa shape index (κ3) is 3.30. The molecule has 0 amide bonds. The molecule has 0 unspecified atom stereocenters. The smallest absolute Gasteiger partial charge is 0.258 e. The van der Waals surface area contributed by atoms with E-state index in [1.54, 1.807) is 24.4 Å². The first-order chi connectivity index (χ1) is 12.1. The van der Waals surface area contributed by atoms with Crippen LogP contribution < -0.4 is 5.56 Å². The van der Waals surface area contributed by atoms with Gasteiger partial charge in [0.05, 0.1) is 10.7 Å². The van der Waals surface area contributed by atoms with E-state index in [9.17, 15) is 9.18 Å². The molecule has 3 aromatic rings. The second kappa shape index (κ2) is 6.58. The molecule has 1 aliphatic heterocycles. The van der Waals surface area contributed by atoms with Crippen molar-refractivity contribution in [2.75, 3.05) is 6.54 Å². The van der Waals surface area contributed by atoms with Gasteiger partial charge in [-0.05, 0) is 49.2 Å². The van der Waals surface area contributed by atoms with Gasteiger partial charge in [-0.25, -0.2) is 9.37 Å².